The van der Waals surface area contributed by atoms with E-state index in [2.05, 4.69) is 5.32 Å². The fourth-order valence-electron chi connectivity index (χ4n) is 3.16. The van der Waals surface area contributed by atoms with Gasteiger partial charge in [-0.3, -0.25) is 9.59 Å². The van der Waals surface area contributed by atoms with E-state index in [0.29, 0.717) is 21.5 Å². The van der Waals surface area contributed by atoms with Gasteiger partial charge in [0.15, 0.2) is 11.5 Å². The van der Waals surface area contributed by atoms with Crippen molar-refractivity contribution < 1.29 is 27.5 Å². The number of nitrogens with zero attached hydrogens (tertiary/aromatic N) is 1. The first-order chi connectivity index (χ1) is 13.8. The summed E-state index contributed by atoms with van der Waals surface area (Å²) >= 11 is 0. The van der Waals surface area contributed by atoms with Gasteiger partial charge in [-0.15, -0.1) is 0 Å². The van der Waals surface area contributed by atoms with Crippen molar-refractivity contribution in [3.05, 3.63) is 48.0 Å². The third-order valence-corrected chi connectivity index (χ3v) is 6.54. The number of amides is 2. The lowest BCUT2D eigenvalue weighted by atomic mass is 10.2. The van der Waals surface area contributed by atoms with Crippen LogP contribution in [-0.4, -0.2) is 44.8 Å². The smallest absolute Gasteiger partial charge is 0.267 e. The third kappa shape index (κ3) is 4.04. The number of methoxy groups -OCH3 is 2. The summed E-state index contributed by atoms with van der Waals surface area (Å²) in [7, 11) is -1.18. The number of carbonyl (C=O) groups is 2. The second-order valence-electron chi connectivity index (χ2n) is 6.62. The Morgan fingerprint density at radius 2 is 1.72 bits per heavy atom. The van der Waals surface area contributed by atoms with Crippen LogP contribution in [0.15, 0.2) is 47.4 Å². The van der Waals surface area contributed by atoms with Crippen LogP contribution in [0.2, 0.25) is 0 Å². The molecule has 1 N–H and O–H groups in total. The topological polar surface area (TPSA) is 102 Å². The molecule has 154 valence electrons. The molecule has 1 atom stereocenters. The fourth-order valence-corrected chi connectivity index (χ4v) is 4.77. The molecule has 1 saturated heterocycles. The van der Waals surface area contributed by atoms with E-state index in [1.54, 1.807) is 30.3 Å². The molecule has 0 bridgehead atoms. The van der Waals surface area contributed by atoms with Crippen molar-refractivity contribution in [2.75, 3.05) is 19.5 Å². The van der Waals surface area contributed by atoms with Crippen LogP contribution in [0, 0.1) is 6.92 Å². The SMILES string of the molecule is COc1ccc(NC(=O)[C@H]2CCC(=O)N2S(=O)(=O)c2ccc(C)cc2)cc1OC. The van der Waals surface area contributed by atoms with E-state index in [0.717, 1.165) is 5.56 Å². The van der Waals surface area contributed by atoms with E-state index >= 15 is 0 Å². The Morgan fingerprint density at radius 3 is 2.34 bits per heavy atom. The number of hydrogen-bond acceptors (Lipinski definition) is 6. The zero-order valence-corrected chi connectivity index (χ0v) is 17.2. The predicted molar refractivity (Wildman–Crippen MR) is 106 cm³/mol. The summed E-state index contributed by atoms with van der Waals surface area (Å²) in [6.07, 6.45) is 0.0954. The van der Waals surface area contributed by atoms with Crippen molar-refractivity contribution >= 4 is 27.5 Å². The highest BCUT2D eigenvalue weighted by atomic mass is 32.2. The Hall–Kier alpha value is -3.07. The molecule has 0 radical (unpaired) electrons. The van der Waals surface area contributed by atoms with Gasteiger partial charge in [0.2, 0.25) is 11.8 Å². The van der Waals surface area contributed by atoms with Gasteiger partial charge in [0.05, 0.1) is 19.1 Å². The summed E-state index contributed by atoms with van der Waals surface area (Å²) in [6, 6.07) is 9.81. The molecule has 0 saturated carbocycles. The second-order valence-corrected chi connectivity index (χ2v) is 8.44. The molecule has 0 spiro atoms. The second kappa shape index (κ2) is 8.12. The zero-order valence-electron chi connectivity index (χ0n) is 16.3. The van der Waals surface area contributed by atoms with Crippen LogP contribution in [0.1, 0.15) is 18.4 Å². The van der Waals surface area contributed by atoms with Crippen LogP contribution in [0.5, 0.6) is 11.5 Å². The van der Waals surface area contributed by atoms with Crippen LogP contribution in [-0.2, 0) is 19.6 Å². The Kier molecular flexibility index (Phi) is 5.78. The Bertz CT molecular complexity index is 1030. The van der Waals surface area contributed by atoms with Crippen molar-refractivity contribution in [3.8, 4) is 11.5 Å². The molecular formula is C20H22N2O6S. The quantitative estimate of drug-likeness (QED) is 0.773. The maximum absolute atomic E-state index is 13.0. The Labute approximate surface area is 169 Å². The van der Waals surface area contributed by atoms with Gasteiger partial charge < -0.3 is 14.8 Å². The highest BCUT2D eigenvalue weighted by Gasteiger charge is 2.44. The molecule has 29 heavy (non-hydrogen) atoms. The minimum atomic E-state index is -4.14. The first kappa shape index (κ1) is 20.7. The van der Waals surface area contributed by atoms with E-state index < -0.39 is 27.9 Å². The monoisotopic (exact) mass is 418 g/mol. The predicted octanol–water partition coefficient (Wildman–Crippen LogP) is 2.33. The summed E-state index contributed by atoms with van der Waals surface area (Å²) in [5.41, 5.74) is 1.29. The molecule has 0 aromatic heterocycles. The summed E-state index contributed by atoms with van der Waals surface area (Å²) in [4.78, 5) is 25.1. The van der Waals surface area contributed by atoms with E-state index in [-0.39, 0.29) is 17.7 Å². The lowest BCUT2D eigenvalue weighted by Gasteiger charge is -2.24. The standard InChI is InChI=1S/C20H22N2O6S/c1-13-4-7-15(8-5-13)29(25,26)22-16(9-11-19(22)23)20(24)21-14-6-10-17(27-2)18(12-14)28-3/h4-8,10,12,16H,9,11H2,1-3H3,(H,21,24)/t16-/m1/s1. The molecule has 8 nitrogen and oxygen atoms in total. The molecule has 3 rings (SSSR count). The van der Waals surface area contributed by atoms with Gasteiger partial charge in [0.1, 0.15) is 6.04 Å². The van der Waals surface area contributed by atoms with Crippen LogP contribution < -0.4 is 14.8 Å². The number of carbonyl (C=O) groups excluding carboxylic acids is 2. The highest BCUT2D eigenvalue weighted by Crippen LogP contribution is 2.31. The summed E-state index contributed by atoms with van der Waals surface area (Å²) < 4.78 is 37.0. The number of aryl methyl sites for hydroxylation is 1. The van der Waals surface area contributed by atoms with Crippen molar-refractivity contribution in [1.29, 1.82) is 0 Å². The van der Waals surface area contributed by atoms with Gasteiger partial charge in [-0.1, -0.05) is 17.7 Å². The first-order valence-electron chi connectivity index (χ1n) is 8.94. The number of ether oxygens (including phenoxy) is 2. The van der Waals surface area contributed by atoms with Crippen molar-refractivity contribution in [1.82, 2.24) is 4.31 Å². The molecular weight excluding hydrogens is 396 g/mol. The molecule has 2 aromatic rings. The molecule has 0 aliphatic carbocycles. The van der Waals surface area contributed by atoms with Crippen LogP contribution in [0.3, 0.4) is 0 Å². The number of nitrogens with one attached hydrogen (secondary N) is 1. The number of hydrogen-bond donors (Lipinski definition) is 1. The number of sulfonamides is 1. The number of anilines is 1. The van der Waals surface area contributed by atoms with Gasteiger partial charge in [0.25, 0.3) is 10.0 Å². The van der Waals surface area contributed by atoms with Crippen LogP contribution in [0.4, 0.5) is 5.69 Å². The number of benzene rings is 2. The fraction of sp³-hybridized carbons (Fsp3) is 0.300. The van der Waals surface area contributed by atoms with Gasteiger partial charge in [0, 0.05) is 18.2 Å². The average Bonchev–Trinajstić information content (AvgIpc) is 3.10. The highest BCUT2D eigenvalue weighted by molar-refractivity contribution is 7.89. The van der Waals surface area contributed by atoms with Crippen molar-refractivity contribution in [3.63, 3.8) is 0 Å². The molecule has 1 heterocycles. The normalized spacial score (nSPS) is 16.6. The molecule has 1 fully saturated rings. The molecule has 1 aliphatic heterocycles. The number of rotatable bonds is 6. The first-order valence-corrected chi connectivity index (χ1v) is 10.4. The van der Waals surface area contributed by atoms with E-state index in [4.69, 9.17) is 9.47 Å². The van der Waals surface area contributed by atoms with Gasteiger partial charge in [-0.05, 0) is 37.6 Å². The van der Waals surface area contributed by atoms with Gasteiger partial charge >= 0.3 is 0 Å². The van der Waals surface area contributed by atoms with E-state index in [1.165, 1.54) is 26.4 Å². The summed E-state index contributed by atoms with van der Waals surface area (Å²) in [5, 5.41) is 2.66. The van der Waals surface area contributed by atoms with Crippen LogP contribution >= 0.6 is 0 Å². The van der Waals surface area contributed by atoms with E-state index in [9.17, 15) is 18.0 Å². The largest absolute Gasteiger partial charge is 0.493 e. The van der Waals surface area contributed by atoms with Gasteiger partial charge in [-0.25, -0.2) is 12.7 Å². The Morgan fingerprint density at radius 1 is 1.07 bits per heavy atom. The van der Waals surface area contributed by atoms with Crippen LogP contribution in [0.25, 0.3) is 0 Å². The third-order valence-electron chi connectivity index (χ3n) is 4.69. The Balaban J connectivity index is 1.86. The van der Waals surface area contributed by atoms with Crippen molar-refractivity contribution in [2.45, 2.75) is 30.7 Å². The zero-order chi connectivity index (χ0) is 21.2. The lowest BCUT2D eigenvalue weighted by molar-refractivity contribution is -0.128. The van der Waals surface area contributed by atoms with E-state index in [1.807, 2.05) is 6.92 Å². The maximum atomic E-state index is 13.0. The molecule has 9 heteroatoms. The average molecular weight is 418 g/mol. The summed E-state index contributed by atoms with van der Waals surface area (Å²) in [5.74, 6) is -0.279. The molecule has 2 amide bonds. The minimum Gasteiger partial charge on any atom is -0.493 e. The molecule has 2 aromatic carbocycles. The summed E-state index contributed by atoms with van der Waals surface area (Å²) in [6.45, 7) is 1.83. The van der Waals surface area contributed by atoms with Gasteiger partial charge in [-0.2, -0.15) is 0 Å². The molecule has 1 aliphatic rings. The lowest BCUT2D eigenvalue weighted by Crippen LogP contribution is -2.45. The van der Waals surface area contributed by atoms with Crippen molar-refractivity contribution in [2.24, 2.45) is 0 Å². The molecule has 0 unspecified atom stereocenters. The maximum Gasteiger partial charge on any atom is 0.267 e. The minimum absolute atomic E-state index is 0.0187.